The van der Waals surface area contributed by atoms with Gasteiger partial charge in [0.05, 0.1) is 12.2 Å². The summed E-state index contributed by atoms with van der Waals surface area (Å²) in [5.74, 6) is -1.64. The molecule has 0 aliphatic rings. The fraction of sp³-hybridized carbons (Fsp3) is 0.296. The minimum Gasteiger partial charge on any atom is -0.550 e. The second-order valence-corrected chi connectivity index (χ2v) is 8.54. The van der Waals surface area contributed by atoms with Crippen LogP contribution in [-0.2, 0) is 4.79 Å². The third kappa shape index (κ3) is 6.62. The Bertz CT molecular complexity index is 1110. The second-order valence-electron chi connectivity index (χ2n) is 8.54. The molecule has 3 rings (SSSR count). The molecule has 0 saturated carbocycles. The Kier molecular flexibility index (Phi) is 8.36. The van der Waals surface area contributed by atoms with Crippen LogP contribution in [-0.4, -0.2) is 35.0 Å². The molecule has 0 heterocycles. The Morgan fingerprint density at radius 2 is 1.44 bits per heavy atom. The molecule has 180 valence electrons. The van der Waals surface area contributed by atoms with Gasteiger partial charge in [0.2, 0.25) is 0 Å². The molecule has 0 fully saturated rings. The van der Waals surface area contributed by atoms with Gasteiger partial charge in [-0.3, -0.25) is 0 Å². The summed E-state index contributed by atoms with van der Waals surface area (Å²) in [7, 11) is 0. The van der Waals surface area contributed by atoms with E-state index >= 15 is 0 Å². The van der Waals surface area contributed by atoms with Crippen LogP contribution in [0.25, 0.3) is 22.3 Å². The molecule has 2 N–H and O–H groups in total. The third-order valence-electron chi connectivity index (χ3n) is 5.44. The standard InChI is InChI=1S/C27H28F2O5/c1-16(2)24-11-19(17-3-7-20(28)8-4-17)12-25(18-5-9-21(29)10-6-18)27(24)34-15-23(31)13-22(30)14-26(32)33/h3-12,16,22-23,30-31H,13-15H2,1-2H3,(H,32,33)/p-1/t22-,23?/m1/s1. The van der Waals surface area contributed by atoms with Crippen molar-refractivity contribution in [1.29, 1.82) is 0 Å². The van der Waals surface area contributed by atoms with E-state index in [9.17, 15) is 28.9 Å². The van der Waals surface area contributed by atoms with Crippen LogP contribution in [0.5, 0.6) is 5.75 Å². The van der Waals surface area contributed by atoms with E-state index in [4.69, 9.17) is 4.74 Å². The lowest BCUT2D eigenvalue weighted by molar-refractivity contribution is -0.307. The van der Waals surface area contributed by atoms with Gasteiger partial charge >= 0.3 is 0 Å². The Morgan fingerprint density at radius 3 is 1.97 bits per heavy atom. The monoisotopic (exact) mass is 469 g/mol. The summed E-state index contributed by atoms with van der Waals surface area (Å²) < 4.78 is 33.1. The van der Waals surface area contributed by atoms with Crippen molar-refractivity contribution in [3.8, 4) is 28.0 Å². The smallest absolute Gasteiger partial charge is 0.130 e. The number of carbonyl (C=O) groups is 1. The lowest BCUT2D eigenvalue weighted by atomic mass is 9.90. The minimum absolute atomic E-state index is 0.00964. The topological polar surface area (TPSA) is 89.8 Å². The fourth-order valence-electron chi connectivity index (χ4n) is 3.73. The van der Waals surface area contributed by atoms with Crippen LogP contribution in [0.15, 0.2) is 60.7 Å². The molecule has 0 radical (unpaired) electrons. The first-order chi connectivity index (χ1) is 16.1. The van der Waals surface area contributed by atoms with Crippen LogP contribution in [0.4, 0.5) is 8.78 Å². The van der Waals surface area contributed by atoms with Crippen molar-refractivity contribution in [2.24, 2.45) is 0 Å². The molecule has 0 amide bonds. The van der Waals surface area contributed by atoms with E-state index in [1.54, 1.807) is 24.3 Å². The Balaban J connectivity index is 2.01. The van der Waals surface area contributed by atoms with Crippen LogP contribution in [0.2, 0.25) is 0 Å². The Hall–Kier alpha value is -3.29. The van der Waals surface area contributed by atoms with Gasteiger partial charge in [0.25, 0.3) is 0 Å². The normalized spacial score (nSPS) is 13.0. The number of aliphatic hydroxyl groups excluding tert-OH is 2. The van der Waals surface area contributed by atoms with Crippen molar-refractivity contribution in [2.75, 3.05) is 6.61 Å². The summed E-state index contributed by atoms with van der Waals surface area (Å²) in [6, 6.07) is 15.8. The number of hydrogen-bond donors (Lipinski definition) is 2. The van der Waals surface area contributed by atoms with Crippen LogP contribution in [0.3, 0.4) is 0 Å². The number of rotatable bonds is 10. The van der Waals surface area contributed by atoms with Gasteiger partial charge in [-0.2, -0.15) is 0 Å². The lowest BCUT2D eigenvalue weighted by Gasteiger charge is -2.23. The SMILES string of the molecule is CC(C)c1cc(-c2ccc(F)cc2)cc(-c2ccc(F)cc2)c1OCC(O)C[C@@H](O)CC(=O)[O-]. The Labute approximate surface area is 197 Å². The van der Waals surface area contributed by atoms with Gasteiger partial charge in [0, 0.05) is 24.4 Å². The maximum absolute atomic E-state index is 13.6. The molecule has 1 unspecified atom stereocenters. The van der Waals surface area contributed by atoms with Crippen molar-refractivity contribution in [2.45, 2.75) is 44.8 Å². The van der Waals surface area contributed by atoms with Gasteiger partial charge in [0.15, 0.2) is 0 Å². The fourth-order valence-corrected chi connectivity index (χ4v) is 3.73. The zero-order chi connectivity index (χ0) is 24.8. The number of halogens is 2. The van der Waals surface area contributed by atoms with E-state index < -0.39 is 24.6 Å². The summed E-state index contributed by atoms with van der Waals surface area (Å²) in [5.41, 5.74) is 3.79. The zero-order valence-electron chi connectivity index (χ0n) is 19.0. The summed E-state index contributed by atoms with van der Waals surface area (Å²) in [4.78, 5) is 10.7. The van der Waals surface area contributed by atoms with Gasteiger partial charge in [-0.05, 0) is 64.6 Å². The molecule has 34 heavy (non-hydrogen) atoms. The highest BCUT2D eigenvalue weighted by atomic mass is 19.1. The highest BCUT2D eigenvalue weighted by Crippen LogP contribution is 2.41. The minimum atomic E-state index is -1.40. The number of benzene rings is 3. The molecule has 3 aromatic carbocycles. The van der Waals surface area contributed by atoms with Gasteiger partial charge in [-0.1, -0.05) is 38.1 Å². The number of carboxylic acid groups (broad SMARTS) is 1. The molecule has 0 aliphatic heterocycles. The molecule has 0 spiro atoms. The highest BCUT2D eigenvalue weighted by molar-refractivity contribution is 5.80. The largest absolute Gasteiger partial charge is 0.550 e. The Morgan fingerprint density at radius 1 is 0.882 bits per heavy atom. The van der Waals surface area contributed by atoms with Gasteiger partial charge < -0.3 is 24.9 Å². The highest BCUT2D eigenvalue weighted by Gasteiger charge is 2.20. The van der Waals surface area contributed by atoms with Gasteiger partial charge in [0.1, 0.15) is 24.0 Å². The predicted molar refractivity (Wildman–Crippen MR) is 123 cm³/mol. The van der Waals surface area contributed by atoms with Crippen molar-refractivity contribution in [1.82, 2.24) is 0 Å². The van der Waals surface area contributed by atoms with E-state index in [1.165, 1.54) is 24.3 Å². The molecule has 0 bridgehead atoms. The first-order valence-corrected chi connectivity index (χ1v) is 11.0. The maximum Gasteiger partial charge on any atom is 0.130 e. The predicted octanol–water partition coefficient (Wildman–Crippen LogP) is 4.05. The van der Waals surface area contributed by atoms with Crippen molar-refractivity contribution in [3.05, 3.63) is 77.9 Å². The van der Waals surface area contributed by atoms with Crippen molar-refractivity contribution >= 4 is 5.97 Å². The van der Waals surface area contributed by atoms with E-state index in [0.29, 0.717) is 16.9 Å². The lowest BCUT2D eigenvalue weighted by Crippen LogP contribution is -2.31. The van der Waals surface area contributed by atoms with E-state index in [1.807, 2.05) is 26.0 Å². The average Bonchev–Trinajstić information content (AvgIpc) is 2.77. The summed E-state index contributed by atoms with van der Waals surface area (Å²) in [6.07, 6.45) is -3.15. The molecule has 3 aromatic rings. The molecule has 2 atom stereocenters. The molecule has 0 aliphatic carbocycles. The zero-order valence-corrected chi connectivity index (χ0v) is 19.0. The average molecular weight is 470 g/mol. The molecular weight excluding hydrogens is 442 g/mol. The second kappa shape index (κ2) is 11.2. The van der Waals surface area contributed by atoms with Gasteiger partial charge in [-0.25, -0.2) is 8.78 Å². The molecule has 0 saturated heterocycles. The number of hydrogen-bond acceptors (Lipinski definition) is 5. The van der Waals surface area contributed by atoms with Crippen LogP contribution in [0, 0.1) is 11.6 Å². The van der Waals surface area contributed by atoms with E-state index in [0.717, 1.165) is 16.7 Å². The van der Waals surface area contributed by atoms with Crippen LogP contribution < -0.4 is 9.84 Å². The van der Waals surface area contributed by atoms with Crippen molar-refractivity contribution < 1.29 is 33.6 Å². The third-order valence-corrected chi connectivity index (χ3v) is 5.44. The quantitative estimate of drug-likeness (QED) is 0.468. The number of carboxylic acids is 1. The number of aliphatic hydroxyl groups is 2. The molecule has 5 nitrogen and oxygen atoms in total. The van der Waals surface area contributed by atoms with Crippen LogP contribution in [0.1, 0.15) is 38.2 Å². The summed E-state index contributed by atoms with van der Waals surface area (Å²) in [5, 5.41) is 30.7. The first-order valence-electron chi connectivity index (χ1n) is 11.0. The summed E-state index contributed by atoms with van der Waals surface area (Å²) >= 11 is 0. The number of ether oxygens (including phenoxy) is 1. The number of aliphatic carboxylic acids is 1. The van der Waals surface area contributed by atoms with Crippen LogP contribution >= 0.6 is 0 Å². The van der Waals surface area contributed by atoms with E-state index in [-0.39, 0.29) is 30.6 Å². The van der Waals surface area contributed by atoms with Crippen molar-refractivity contribution in [3.63, 3.8) is 0 Å². The first kappa shape index (κ1) is 25.3. The maximum atomic E-state index is 13.6. The summed E-state index contributed by atoms with van der Waals surface area (Å²) in [6.45, 7) is 3.77. The van der Waals surface area contributed by atoms with Gasteiger partial charge in [-0.15, -0.1) is 0 Å². The number of carbonyl (C=O) groups excluding carboxylic acids is 1. The van der Waals surface area contributed by atoms with E-state index in [2.05, 4.69) is 0 Å². The molecule has 0 aromatic heterocycles. The molecule has 7 heteroatoms. The molecular formula is C27H27F2O5-.